The van der Waals surface area contributed by atoms with Gasteiger partial charge in [-0.3, -0.25) is 20.2 Å². The minimum Gasteiger partial charge on any atom is -0.258 e. The normalized spacial score (nSPS) is 12.6. The molecule has 0 aromatic heterocycles. The van der Waals surface area contributed by atoms with Crippen LogP contribution in [0.3, 0.4) is 0 Å². The average Bonchev–Trinajstić information content (AvgIpc) is 2.79. The topological polar surface area (TPSA) is 86.3 Å². The van der Waals surface area contributed by atoms with E-state index in [9.17, 15) is 20.2 Å². The Kier molecular flexibility index (Phi) is 6.68. The van der Waals surface area contributed by atoms with Crippen molar-refractivity contribution in [2.24, 2.45) is 0 Å². The highest BCUT2D eigenvalue weighted by Crippen LogP contribution is 2.54. The van der Waals surface area contributed by atoms with Crippen molar-refractivity contribution in [1.82, 2.24) is 0 Å². The predicted octanol–water partition coefficient (Wildman–Crippen LogP) is 10.0. The summed E-state index contributed by atoms with van der Waals surface area (Å²) in [4.78, 5) is 24.8. The van der Waals surface area contributed by atoms with Crippen LogP contribution in [-0.4, -0.2) is 9.85 Å². The minimum absolute atomic E-state index is 0.000869. The molecule has 37 heavy (non-hydrogen) atoms. The first kappa shape index (κ1) is 26.8. The van der Waals surface area contributed by atoms with E-state index in [0.717, 1.165) is 27.3 Å². The van der Waals surface area contributed by atoms with Crippen LogP contribution in [0.2, 0.25) is 0 Å². The standard InChI is InChI=1S/C31H38N2O4/c1-14(2)19-11-20(15(3)4)24-13-22(17(7)8)28-29-26(24)23(19)12-21(16(5)6)27(29)30(32(34)35)25(18(9)10)31(28)33(36)37/h11-18H,1-10H3/i32+1. The molecule has 4 aromatic carbocycles. The van der Waals surface area contributed by atoms with Gasteiger partial charge < -0.3 is 0 Å². The molecular weight excluding hydrogens is 465 g/mol. The molecule has 0 amide bonds. The molecule has 0 fully saturated rings. The van der Waals surface area contributed by atoms with Crippen LogP contribution in [0.4, 0.5) is 11.4 Å². The Morgan fingerprint density at radius 1 is 0.486 bits per heavy atom. The summed E-state index contributed by atoms with van der Waals surface area (Å²) in [6.45, 7) is 20.4. The lowest BCUT2D eigenvalue weighted by Gasteiger charge is -2.26. The Hall–Kier alpha value is -3.28. The van der Waals surface area contributed by atoms with Gasteiger partial charge >= 0.3 is 0 Å². The molecule has 4 aromatic rings. The first-order valence-corrected chi connectivity index (χ1v) is 13.4. The summed E-state index contributed by atoms with van der Waals surface area (Å²) < 4.78 is 0. The van der Waals surface area contributed by atoms with E-state index < -0.39 is 0 Å². The minimum atomic E-state index is -0.389. The van der Waals surface area contributed by atoms with E-state index in [1.807, 2.05) is 41.5 Å². The van der Waals surface area contributed by atoms with Gasteiger partial charge in [0.05, 0.1) is 20.6 Å². The van der Waals surface area contributed by atoms with Crippen molar-refractivity contribution in [3.63, 3.8) is 0 Å². The highest BCUT2D eigenvalue weighted by molar-refractivity contribution is 6.30. The SMILES string of the molecule is CC(C)c1c([N+](=O)[O-])c2c(C(C)C)cc3c(C(C)C)cc(C(C)C)c4cc(C(C)C)c(c1[15N+](=O)[O-])c2c34. The molecule has 0 spiro atoms. The van der Waals surface area contributed by atoms with Crippen molar-refractivity contribution in [3.05, 3.63) is 66.2 Å². The van der Waals surface area contributed by atoms with Crippen LogP contribution in [0.5, 0.6) is 0 Å². The van der Waals surface area contributed by atoms with E-state index in [2.05, 4.69) is 45.9 Å². The van der Waals surface area contributed by atoms with Crippen molar-refractivity contribution in [3.8, 4) is 0 Å². The van der Waals surface area contributed by atoms with E-state index in [1.54, 1.807) is 0 Å². The summed E-state index contributed by atoms with van der Waals surface area (Å²) in [7, 11) is 0. The molecule has 0 aliphatic rings. The summed E-state index contributed by atoms with van der Waals surface area (Å²) in [5.74, 6) is 0.0593. The van der Waals surface area contributed by atoms with Gasteiger partial charge in [0, 0.05) is 5.39 Å². The third kappa shape index (κ3) is 3.92. The fourth-order valence-corrected chi connectivity index (χ4v) is 6.14. The lowest BCUT2D eigenvalue weighted by atomic mass is 9.77. The number of benzene rings is 4. The van der Waals surface area contributed by atoms with Crippen molar-refractivity contribution in [2.75, 3.05) is 0 Å². The highest BCUT2D eigenvalue weighted by Gasteiger charge is 2.38. The molecule has 0 aliphatic carbocycles. The zero-order valence-electron chi connectivity index (χ0n) is 23.6. The molecule has 0 bridgehead atoms. The molecule has 0 saturated carbocycles. The van der Waals surface area contributed by atoms with Gasteiger partial charge in [0.25, 0.3) is 11.4 Å². The first-order chi connectivity index (χ1) is 17.2. The molecule has 6 nitrogen and oxygen atoms in total. The predicted molar refractivity (Wildman–Crippen MR) is 154 cm³/mol. The first-order valence-electron chi connectivity index (χ1n) is 13.4. The van der Waals surface area contributed by atoms with Gasteiger partial charge in [-0.05, 0) is 80.1 Å². The fourth-order valence-electron chi connectivity index (χ4n) is 6.14. The van der Waals surface area contributed by atoms with Crippen LogP contribution < -0.4 is 0 Å². The van der Waals surface area contributed by atoms with Gasteiger partial charge in [-0.1, -0.05) is 75.3 Å². The Morgan fingerprint density at radius 3 is 1.11 bits per heavy atom. The zero-order valence-corrected chi connectivity index (χ0v) is 23.6. The number of nitro benzene ring substituents is 2. The summed E-state index contributed by atoms with van der Waals surface area (Å²) in [6.07, 6.45) is 0. The Labute approximate surface area is 218 Å². The molecule has 196 valence electrons. The summed E-state index contributed by atoms with van der Waals surface area (Å²) in [6, 6.07) is 6.55. The summed E-state index contributed by atoms with van der Waals surface area (Å²) in [5.41, 5.74) is 4.11. The largest absolute Gasteiger partial charge is 0.287 e. The molecule has 0 aliphatic heterocycles. The van der Waals surface area contributed by atoms with Crippen LogP contribution >= 0.6 is 0 Å². The zero-order chi connectivity index (χ0) is 27.7. The second kappa shape index (κ2) is 9.23. The maximum Gasteiger partial charge on any atom is 0.287 e. The fraction of sp³-hybridized carbons (Fsp3) is 0.484. The Balaban J connectivity index is 2.60. The number of rotatable bonds is 7. The van der Waals surface area contributed by atoms with E-state index >= 15 is 0 Å². The lowest BCUT2D eigenvalue weighted by Crippen LogP contribution is -2.10. The van der Waals surface area contributed by atoms with Crippen molar-refractivity contribution < 1.29 is 9.85 Å². The molecule has 0 N–H and O–H groups in total. The molecule has 6 heteroatoms. The summed E-state index contributed by atoms with van der Waals surface area (Å²) in [5, 5.41) is 30.4. The quantitative estimate of drug-likeness (QED) is 0.109. The van der Waals surface area contributed by atoms with E-state index in [0.29, 0.717) is 16.2 Å². The molecule has 0 unspecified atom stereocenters. The van der Waals surface area contributed by atoms with Crippen LogP contribution in [0.1, 0.15) is 127 Å². The van der Waals surface area contributed by atoms with E-state index in [-0.39, 0.29) is 56.4 Å². The number of hydrogen-bond donors (Lipinski definition) is 0. The molecular formula is C31H38N2O4. The third-order valence-corrected chi connectivity index (χ3v) is 7.81. The van der Waals surface area contributed by atoms with Gasteiger partial charge in [0.15, 0.2) is 0 Å². The lowest BCUT2D eigenvalue weighted by molar-refractivity contribution is -0.393. The Morgan fingerprint density at radius 2 is 0.838 bits per heavy atom. The maximum absolute atomic E-state index is 12.8. The second-order valence-electron chi connectivity index (χ2n) is 12.0. The van der Waals surface area contributed by atoms with Gasteiger partial charge in [0.2, 0.25) is 0 Å². The highest BCUT2D eigenvalue weighted by atomic mass is 16.9. The van der Waals surface area contributed by atoms with E-state index in [4.69, 9.17) is 0 Å². The molecule has 0 radical (unpaired) electrons. The van der Waals surface area contributed by atoms with Crippen LogP contribution in [0, 0.1) is 20.2 Å². The van der Waals surface area contributed by atoms with E-state index in [1.165, 1.54) is 11.1 Å². The third-order valence-electron chi connectivity index (χ3n) is 7.81. The average molecular weight is 504 g/mol. The Bertz CT molecular complexity index is 1460. The van der Waals surface area contributed by atoms with Gasteiger partial charge in [-0.2, -0.15) is 0 Å². The second-order valence-corrected chi connectivity index (χ2v) is 12.0. The maximum atomic E-state index is 12.8. The smallest absolute Gasteiger partial charge is 0.258 e. The van der Waals surface area contributed by atoms with Gasteiger partial charge in [-0.25, -0.2) is 0 Å². The van der Waals surface area contributed by atoms with Gasteiger partial charge in [0.1, 0.15) is 5.56 Å². The van der Waals surface area contributed by atoms with Crippen LogP contribution in [0.15, 0.2) is 18.2 Å². The van der Waals surface area contributed by atoms with Crippen LogP contribution in [0.25, 0.3) is 32.3 Å². The molecule has 0 heterocycles. The van der Waals surface area contributed by atoms with Crippen molar-refractivity contribution in [1.29, 1.82) is 0 Å². The number of nitrogens with zero attached hydrogens (tertiary/aromatic N) is 2. The molecule has 4 rings (SSSR count). The van der Waals surface area contributed by atoms with Crippen molar-refractivity contribution >= 4 is 43.7 Å². The molecule has 0 saturated heterocycles. The van der Waals surface area contributed by atoms with Crippen molar-refractivity contribution in [2.45, 2.75) is 98.8 Å². The van der Waals surface area contributed by atoms with Gasteiger partial charge in [-0.15, -0.1) is 0 Å². The molecule has 0 atom stereocenters. The number of nitro groups is 2. The van der Waals surface area contributed by atoms with Crippen LogP contribution in [-0.2, 0) is 0 Å². The summed E-state index contributed by atoms with van der Waals surface area (Å²) >= 11 is 0. The number of hydrogen-bond acceptors (Lipinski definition) is 4. The monoisotopic (exact) mass is 503 g/mol.